The second-order valence-electron chi connectivity index (χ2n) is 5.27. The lowest BCUT2D eigenvalue weighted by Gasteiger charge is -2.12. The van der Waals surface area contributed by atoms with Crippen molar-refractivity contribution in [1.82, 2.24) is 14.6 Å². The van der Waals surface area contributed by atoms with Crippen LogP contribution < -0.4 is 10.9 Å². The molecule has 106 valence electrons. The number of rotatable bonds is 2. The van der Waals surface area contributed by atoms with Gasteiger partial charge in [-0.15, -0.1) is 5.10 Å². The van der Waals surface area contributed by atoms with Crippen LogP contribution in [0, 0.1) is 6.92 Å². The number of hydrogen-bond donors (Lipinski definition) is 1. The standard InChI is InChI=1S/C15H14N4OS/c1-9-8-13(20)19-15(16-9)21-14(18-19)17-12-7-6-10-4-2-3-5-11(10)12/h2-5,8,12H,6-7H2,1H3,(H,17,18). The van der Waals surface area contributed by atoms with E-state index in [0.29, 0.717) is 4.96 Å². The molecule has 5 nitrogen and oxygen atoms in total. The molecule has 21 heavy (non-hydrogen) atoms. The summed E-state index contributed by atoms with van der Waals surface area (Å²) >= 11 is 1.42. The van der Waals surface area contributed by atoms with Gasteiger partial charge in [0.1, 0.15) is 0 Å². The van der Waals surface area contributed by atoms with E-state index in [9.17, 15) is 4.79 Å². The Morgan fingerprint density at radius 2 is 2.24 bits per heavy atom. The Bertz CT molecular complexity index is 883. The van der Waals surface area contributed by atoms with Crippen LogP contribution in [-0.4, -0.2) is 14.6 Å². The monoisotopic (exact) mass is 298 g/mol. The number of hydrogen-bond acceptors (Lipinski definition) is 5. The molecule has 1 aliphatic carbocycles. The molecule has 3 aromatic rings. The van der Waals surface area contributed by atoms with Crippen molar-refractivity contribution in [2.75, 3.05) is 5.32 Å². The highest BCUT2D eigenvalue weighted by atomic mass is 32.1. The molecule has 0 aliphatic heterocycles. The maximum Gasteiger partial charge on any atom is 0.275 e. The first-order valence-electron chi connectivity index (χ1n) is 6.92. The molecule has 2 heterocycles. The number of fused-ring (bicyclic) bond motifs is 2. The SMILES string of the molecule is Cc1cc(=O)n2nc(NC3CCc4ccccc43)sc2n1. The lowest BCUT2D eigenvalue weighted by molar-refractivity contribution is 0.754. The van der Waals surface area contributed by atoms with Gasteiger partial charge in [-0.05, 0) is 30.9 Å². The second kappa shape index (κ2) is 4.66. The van der Waals surface area contributed by atoms with Crippen LogP contribution in [0.4, 0.5) is 5.13 Å². The third kappa shape index (κ3) is 2.12. The van der Waals surface area contributed by atoms with Gasteiger partial charge in [-0.3, -0.25) is 4.79 Å². The van der Waals surface area contributed by atoms with Crippen LogP contribution in [0.15, 0.2) is 35.1 Å². The topological polar surface area (TPSA) is 59.3 Å². The van der Waals surface area contributed by atoms with E-state index in [1.807, 2.05) is 6.92 Å². The smallest absolute Gasteiger partial charge is 0.275 e. The average molecular weight is 298 g/mol. The molecule has 0 bridgehead atoms. The third-order valence-corrected chi connectivity index (χ3v) is 4.64. The van der Waals surface area contributed by atoms with Crippen LogP contribution in [0.25, 0.3) is 4.96 Å². The fourth-order valence-electron chi connectivity index (χ4n) is 2.83. The lowest BCUT2D eigenvalue weighted by atomic mass is 10.1. The Hall–Kier alpha value is -2.21. The maximum absolute atomic E-state index is 11.9. The van der Waals surface area contributed by atoms with Gasteiger partial charge in [-0.1, -0.05) is 35.6 Å². The second-order valence-corrected chi connectivity index (χ2v) is 6.23. The summed E-state index contributed by atoms with van der Waals surface area (Å²) in [6.45, 7) is 1.82. The zero-order chi connectivity index (χ0) is 14.4. The van der Waals surface area contributed by atoms with Gasteiger partial charge in [0.25, 0.3) is 5.56 Å². The van der Waals surface area contributed by atoms with Crippen LogP contribution in [-0.2, 0) is 6.42 Å². The summed E-state index contributed by atoms with van der Waals surface area (Å²) in [6.07, 6.45) is 2.13. The molecular weight excluding hydrogens is 284 g/mol. The predicted molar refractivity (Wildman–Crippen MR) is 83.0 cm³/mol. The number of anilines is 1. The van der Waals surface area contributed by atoms with E-state index in [1.165, 1.54) is 33.0 Å². The zero-order valence-electron chi connectivity index (χ0n) is 11.5. The zero-order valence-corrected chi connectivity index (χ0v) is 12.4. The molecule has 1 unspecified atom stereocenters. The number of nitrogens with zero attached hydrogens (tertiary/aromatic N) is 3. The van der Waals surface area contributed by atoms with Crippen LogP contribution in [0.1, 0.15) is 29.3 Å². The van der Waals surface area contributed by atoms with Crippen molar-refractivity contribution in [3.05, 3.63) is 57.5 Å². The van der Waals surface area contributed by atoms with E-state index >= 15 is 0 Å². The first kappa shape index (κ1) is 12.5. The summed E-state index contributed by atoms with van der Waals surface area (Å²) in [4.78, 5) is 16.9. The average Bonchev–Trinajstić information content (AvgIpc) is 3.04. The van der Waals surface area contributed by atoms with Crippen molar-refractivity contribution >= 4 is 21.4 Å². The lowest BCUT2D eigenvalue weighted by Crippen LogP contribution is -2.15. The molecule has 0 fully saturated rings. The van der Waals surface area contributed by atoms with Crippen molar-refractivity contribution in [2.45, 2.75) is 25.8 Å². The van der Waals surface area contributed by atoms with Crippen LogP contribution in [0.5, 0.6) is 0 Å². The summed E-state index contributed by atoms with van der Waals surface area (Å²) < 4.78 is 1.36. The molecule has 1 aliphatic rings. The van der Waals surface area contributed by atoms with Crippen molar-refractivity contribution in [1.29, 1.82) is 0 Å². The minimum absolute atomic E-state index is 0.131. The number of aryl methyl sites for hydroxylation is 2. The van der Waals surface area contributed by atoms with E-state index in [-0.39, 0.29) is 11.6 Å². The molecule has 2 aromatic heterocycles. The highest BCUT2D eigenvalue weighted by Gasteiger charge is 2.22. The van der Waals surface area contributed by atoms with E-state index in [2.05, 4.69) is 39.7 Å². The molecule has 1 aromatic carbocycles. The largest absolute Gasteiger partial charge is 0.353 e. The summed E-state index contributed by atoms with van der Waals surface area (Å²) in [5, 5.41) is 8.52. The van der Waals surface area contributed by atoms with E-state index in [1.54, 1.807) is 0 Å². The number of benzene rings is 1. The molecule has 1 atom stereocenters. The van der Waals surface area contributed by atoms with Crippen LogP contribution in [0.2, 0.25) is 0 Å². The van der Waals surface area contributed by atoms with Crippen LogP contribution >= 0.6 is 11.3 Å². The molecule has 0 saturated heterocycles. The molecule has 1 N–H and O–H groups in total. The normalized spacial score (nSPS) is 17.1. The van der Waals surface area contributed by atoms with E-state index in [0.717, 1.165) is 23.7 Å². The quantitative estimate of drug-likeness (QED) is 0.790. The molecule has 4 rings (SSSR count). The Balaban J connectivity index is 1.70. The molecule has 6 heteroatoms. The first-order chi connectivity index (χ1) is 10.2. The molecule has 0 spiro atoms. The summed E-state index contributed by atoms with van der Waals surface area (Å²) in [7, 11) is 0. The van der Waals surface area contributed by atoms with Crippen molar-refractivity contribution in [3.8, 4) is 0 Å². The first-order valence-corrected chi connectivity index (χ1v) is 7.74. The van der Waals surface area contributed by atoms with Gasteiger partial charge < -0.3 is 5.32 Å². The molecular formula is C15H14N4OS. The number of aromatic nitrogens is 3. The molecule has 0 amide bonds. The summed E-state index contributed by atoms with van der Waals surface area (Å²) in [5.41, 5.74) is 3.31. The van der Waals surface area contributed by atoms with Gasteiger partial charge in [0.15, 0.2) is 0 Å². The van der Waals surface area contributed by atoms with Crippen molar-refractivity contribution < 1.29 is 0 Å². The fraction of sp³-hybridized carbons (Fsp3) is 0.267. The Labute approximate surface area is 125 Å². The van der Waals surface area contributed by atoms with Crippen LogP contribution in [0.3, 0.4) is 0 Å². The predicted octanol–water partition coefficient (Wildman–Crippen LogP) is 2.56. The fourth-order valence-corrected chi connectivity index (χ4v) is 3.74. The molecule has 0 saturated carbocycles. The van der Waals surface area contributed by atoms with Gasteiger partial charge in [0.05, 0.1) is 6.04 Å². The highest BCUT2D eigenvalue weighted by molar-refractivity contribution is 7.20. The van der Waals surface area contributed by atoms with Gasteiger partial charge in [0.2, 0.25) is 10.1 Å². The molecule has 0 radical (unpaired) electrons. The Morgan fingerprint density at radius 1 is 1.38 bits per heavy atom. The van der Waals surface area contributed by atoms with Gasteiger partial charge in [-0.25, -0.2) is 4.98 Å². The maximum atomic E-state index is 11.9. The summed E-state index contributed by atoms with van der Waals surface area (Å²) in [6, 6.07) is 10.2. The van der Waals surface area contributed by atoms with Gasteiger partial charge in [0, 0.05) is 11.8 Å². The Kier molecular flexibility index (Phi) is 2.78. The highest BCUT2D eigenvalue weighted by Crippen LogP contribution is 2.34. The third-order valence-electron chi connectivity index (χ3n) is 3.80. The van der Waals surface area contributed by atoms with E-state index < -0.39 is 0 Å². The van der Waals surface area contributed by atoms with Crippen molar-refractivity contribution in [3.63, 3.8) is 0 Å². The minimum atomic E-state index is -0.131. The van der Waals surface area contributed by atoms with Gasteiger partial charge >= 0.3 is 0 Å². The van der Waals surface area contributed by atoms with E-state index in [4.69, 9.17) is 0 Å². The van der Waals surface area contributed by atoms with Gasteiger partial charge in [-0.2, -0.15) is 4.52 Å². The summed E-state index contributed by atoms with van der Waals surface area (Å²) in [5.74, 6) is 0. The Morgan fingerprint density at radius 3 is 3.14 bits per heavy atom. The number of nitrogens with one attached hydrogen (secondary N) is 1. The minimum Gasteiger partial charge on any atom is -0.353 e. The van der Waals surface area contributed by atoms with Crippen molar-refractivity contribution in [2.24, 2.45) is 0 Å².